The Morgan fingerprint density at radius 1 is 1.47 bits per heavy atom. The predicted molar refractivity (Wildman–Crippen MR) is 77.1 cm³/mol. The number of amides is 1. The van der Waals surface area contributed by atoms with E-state index in [0.29, 0.717) is 17.7 Å². The molecule has 1 aromatic rings. The number of esters is 1. The lowest BCUT2D eigenvalue weighted by atomic mass is 10.1. The number of nitrogens with one attached hydrogen (secondary N) is 1. The van der Waals surface area contributed by atoms with Gasteiger partial charge in [0.1, 0.15) is 6.04 Å². The molecule has 1 aromatic carbocycles. The van der Waals surface area contributed by atoms with Crippen LogP contribution < -0.4 is 11.1 Å². The molecule has 1 rings (SSSR count). The number of carbonyl (C=O) groups is 2. The second-order valence-corrected chi connectivity index (χ2v) is 4.94. The van der Waals surface area contributed by atoms with Gasteiger partial charge in [-0.25, -0.2) is 4.79 Å². The molecule has 0 heterocycles. The van der Waals surface area contributed by atoms with Gasteiger partial charge < -0.3 is 15.8 Å². The van der Waals surface area contributed by atoms with Gasteiger partial charge in [-0.3, -0.25) is 4.79 Å². The predicted octanol–water partition coefficient (Wildman–Crippen LogP) is 1.29. The Morgan fingerprint density at radius 3 is 2.79 bits per heavy atom. The van der Waals surface area contributed by atoms with Gasteiger partial charge in [-0.1, -0.05) is 6.07 Å². The van der Waals surface area contributed by atoms with Crippen molar-refractivity contribution in [2.75, 3.05) is 24.9 Å². The third-order valence-electron chi connectivity index (χ3n) is 2.55. The third-order valence-corrected chi connectivity index (χ3v) is 3.19. The first-order valence-electron chi connectivity index (χ1n) is 5.81. The zero-order chi connectivity index (χ0) is 14.3. The van der Waals surface area contributed by atoms with Crippen molar-refractivity contribution in [3.05, 3.63) is 29.8 Å². The molecular weight excluding hydrogens is 264 g/mol. The van der Waals surface area contributed by atoms with E-state index in [1.54, 1.807) is 36.0 Å². The van der Waals surface area contributed by atoms with E-state index in [1.165, 1.54) is 7.11 Å². The summed E-state index contributed by atoms with van der Waals surface area (Å²) in [5.74, 6) is -0.00753. The van der Waals surface area contributed by atoms with Crippen molar-refractivity contribution in [2.45, 2.75) is 12.5 Å². The summed E-state index contributed by atoms with van der Waals surface area (Å²) in [6.45, 7) is 0. The number of hydrogen-bond donors (Lipinski definition) is 2. The number of ether oxygens (including phenoxy) is 1. The van der Waals surface area contributed by atoms with Crippen LogP contribution in [0.2, 0.25) is 0 Å². The van der Waals surface area contributed by atoms with E-state index in [-0.39, 0.29) is 5.91 Å². The monoisotopic (exact) mass is 282 g/mol. The molecule has 0 fully saturated rings. The number of nitrogen functional groups attached to an aromatic ring is 1. The fourth-order valence-electron chi connectivity index (χ4n) is 1.55. The van der Waals surface area contributed by atoms with Gasteiger partial charge in [0.05, 0.1) is 7.11 Å². The Morgan fingerprint density at radius 2 is 2.21 bits per heavy atom. The Bertz CT molecular complexity index is 451. The molecule has 0 radical (unpaired) electrons. The maximum absolute atomic E-state index is 12.0. The molecular formula is C13H18N2O3S. The van der Waals surface area contributed by atoms with Crippen LogP contribution in [-0.2, 0) is 9.53 Å². The van der Waals surface area contributed by atoms with E-state index in [1.807, 2.05) is 6.26 Å². The van der Waals surface area contributed by atoms with Gasteiger partial charge in [-0.15, -0.1) is 0 Å². The maximum atomic E-state index is 12.0. The Balaban J connectivity index is 2.72. The first kappa shape index (κ1) is 15.4. The average Bonchev–Trinajstić information content (AvgIpc) is 2.42. The first-order valence-corrected chi connectivity index (χ1v) is 7.21. The molecule has 6 heteroatoms. The van der Waals surface area contributed by atoms with Crippen molar-refractivity contribution >= 4 is 29.3 Å². The molecule has 0 aliphatic rings. The number of rotatable bonds is 6. The SMILES string of the molecule is COC(=O)C(CCSC)NC(=O)c1cccc(N)c1. The highest BCUT2D eigenvalue weighted by molar-refractivity contribution is 7.98. The molecule has 0 aliphatic heterocycles. The highest BCUT2D eigenvalue weighted by Gasteiger charge is 2.21. The zero-order valence-electron chi connectivity index (χ0n) is 11.0. The van der Waals surface area contributed by atoms with Gasteiger partial charge in [-0.2, -0.15) is 11.8 Å². The lowest BCUT2D eigenvalue weighted by Crippen LogP contribution is -2.41. The largest absolute Gasteiger partial charge is 0.467 e. The second-order valence-electron chi connectivity index (χ2n) is 3.96. The van der Waals surface area contributed by atoms with Crippen LogP contribution in [0.15, 0.2) is 24.3 Å². The van der Waals surface area contributed by atoms with Crippen molar-refractivity contribution in [3.8, 4) is 0 Å². The quantitative estimate of drug-likeness (QED) is 0.607. The molecule has 0 saturated heterocycles. The minimum absolute atomic E-state index is 0.330. The molecule has 1 atom stereocenters. The summed E-state index contributed by atoms with van der Waals surface area (Å²) in [6.07, 6.45) is 2.47. The summed E-state index contributed by atoms with van der Waals surface area (Å²) < 4.78 is 4.68. The van der Waals surface area contributed by atoms with Gasteiger partial charge in [0, 0.05) is 11.3 Å². The molecule has 0 aromatic heterocycles. The van der Waals surface area contributed by atoms with Crippen molar-refractivity contribution < 1.29 is 14.3 Å². The summed E-state index contributed by atoms with van der Waals surface area (Å²) in [4.78, 5) is 23.6. The van der Waals surface area contributed by atoms with Crippen LogP contribution in [0.5, 0.6) is 0 Å². The molecule has 19 heavy (non-hydrogen) atoms. The summed E-state index contributed by atoms with van der Waals surface area (Å²) in [6, 6.07) is 5.97. The fourth-order valence-corrected chi connectivity index (χ4v) is 2.02. The minimum Gasteiger partial charge on any atom is -0.467 e. The van der Waals surface area contributed by atoms with Crippen molar-refractivity contribution in [1.82, 2.24) is 5.32 Å². The highest BCUT2D eigenvalue weighted by atomic mass is 32.2. The summed E-state index contributed by atoms with van der Waals surface area (Å²) in [5, 5.41) is 2.66. The molecule has 0 spiro atoms. The van der Waals surface area contributed by atoms with E-state index in [0.717, 1.165) is 5.75 Å². The normalized spacial score (nSPS) is 11.7. The molecule has 5 nitrogen and oxygen atoms in total. The fraction of sp³-hybridized carbons (Fsp3) is 0.385. The van der Waals surface area contributed by atoms with Gasteiger partial charge in [0.15, 0.2) is 0 Å². The number of thioether (sulfide) groups is 1. The van der Waals surface area contributed by atoms with Crippen LogP contribution in [0.25, 0.3) is 0 Å². The van der Waals surface area contributed by atoms with Crippen LogP contribution in [0.3, 0.4) is 0 Å². The number of benzene rings is 1. The van der Waals surface area contributed by atoms with Gasteiger partial charge in [0.25, 0.3) is 5.91 Å². The Labute approximate surface area is 116 Å². The van der Waals surface area contributed by atoms with Crippen LogP contribution in [0.1, 0.15) is 16.8 Å². The molecule has 3 N–H and O–H groups in total. The van der Waals surface area contributed by atoms with Gasteiger partial charge in [0.2, 0.25) is 0 Å². The summed E-state index contributed by atoms with van der Waals surface area (Å²) in [7, 11) is 1.31. The Hall–Kier alpha value is -1.69. The lowest BCUT2D eigenvalue weighted by Gasteiger charge is -2.16. The van der Waals surface area contributed by atoms with Gasteiger partial charge >= 0.3 is 5.97 Å². The summed E-state index contributed by atoms with van der Waals surface area (Å²) in [5.41, 5.74) is 6.55. The van der Waals surface area contributed by atoms with E-state index >= 15 is 0 Å². The van der Waals surface area contributed by atoms with Crippen LogP contribution in [0, 0.1) is 0 Å². The van der Waals surface area contributed by atoms with Gasteiger partial charge in [-0.05, 0) is 36.6 Å². The summed E-state index contributed by atoms with van der Waals surface area (Å²) >= 11 is 1.60. The number of nitrogens with two attached hydrogens (primary N) is 1. The molecule has 1 unspecified atom stereocenters. The average molecular weight is 282 g/mol. The van der Waals surface area contributed by atoms with Crippen molar-refractivity contribution in [3.63, 3.8) is 0 Å². The number of hydrogen-bond acceptors (Lipinski definition) is 5. The standard InChI is InChI=1S/C13H18N2O3S/c1-18-13(17)11(6-7-19-2)15-12(16)9-4-3-5-10(14)8-9/h3-5,8,11H,6-7,14H2,1-2H3,(H,15,16). The molecule has 0 aliphatic carbocycles. The molecule has 1 amide bonds. The second kappa shape index (κ2) is 7.68. The minimum atomic E-state index is -0.633. The molecule has 0 saturated carbocycles. The van der Waals surface area contributed by atoms with Crippen LogP contribution >= 0.6 is 11.8 Å². The molecule has 104 valence electrons. The van der Waals surface area contributed by atoms with E-state index < -0.39 is 12.0 Å². The van der Waals surface area contributed by atoms with Crippen molar-refractivity contribution in [1.29, 1.82) is 0 Å². The van der Waals surface area contributed by atoms with Crippen LogP contribution in [0.4, 0.5) is 5.69 Å². The van der Waals surface area contributed by atoms with E-state index in [4.69, 9.17) is 5.73 Å². The van der Waals surface area contributed by atoms with E-state index in [9.17, 15) is 9.59 Å². The number of anilines is 1. The zero-order valence-corrected chi connectivity index (χ0v) is 11.8. The Kier molecular flexibility index (Phi) is 6.21. The smallest absolute Gasteiger partial charge is 0.328 e. The first-order chi connectivity index (χ1) is 9.08. The number of methoxy groups -OCH3 is 1. The van der Waals surface area contributed by atoms with Crippen LogP contribution in [-0.4, -0.2) is 37.0 Å². The molecule has 0 bridgehead atoms. The third kappa shape index (κ3) is 4.82. The van der Waals surface area contributed by atoms with E-state index in [2.05, 4.69) is 10.1 Å². The maximum Gasteiger partial charge on any atom is 0.328 e. The number of carbonyl (C=O) groups excluding carboxylic acids is 2. The lowest BCUT2D eigenvalue weighted by molar-refractivity contribution is -0.142. The highest BCUT2D eigenvalue weighted by Crippen LogP contribution is 2.08. The van der Waals surface area contributed by atoms with Crippen molar-refractivity contribution in [2.24, 2.45) is 0 Å². The topological polar surface area (TPSA) is 81.4 Å².